The van der Waals surface area contributed by atoms with Crippen LogP contribution >= 0.6 is 0 Å². The van der Waals surface area contributed by atoms with Crippen LogP contribution in [-0.2, 0) is 28.5 Å². The fourth-order valence-electron chi connectivity index (χ4n) is 6.02. The molecule has 0 N–H and O–H groups in total. The van der Waals surface area contributed by atoms with Crippen molar-refractivity contribution in [1.29, 1.82) is 0 Å². The lowest BCUT2D eigenvalue weighted by atomic mass is 10.0. The second kappa shape index (κ2) is 35.5. The molecule has 2 unspecified atom stereocenters. The lowest BCUT2D eigenvalue weighted by Crippen LogP contribution is -2.23. The van der Waals surface area contributed by atoms with E-state index in [-0.39, 0.29) is 25.0 Å². The molecule has 0 amide bonds. The summed E-state index contributed by atoms with van der Waals surface area (Å²) >= 11 is 0. The maximum atomic E-state index is 12.3. The lowest BCUT2D eigenvalue weighted by Gasteiger charge is -2.22. The number of carbonyl (C=O) groups is 2. The Morgan fingerprint density at radius 1 is 0.700 bits per heavy atom. The predicted molar refractivity (Wildman–Crippen MR) is 205 cm³/mol. The summed E-state index contributed by atoms with van der Waals surface area (Å²) in [6, 6.07) is 0. The molecule has 0 radical (unpaired) electrons. The Morgan fingerprint density at radius 2 is 1.36 bits per heavy atom. The van der Waals surface area contributed by atoms with Crippen molar-refractivity contribution in [2.45, 2.75) is 186 Å². The van der Waals surface area contributed by atoms with E-state index in [1.165, 1.54) is 77.0 Å². The zero-order valence-corrected chi connectivity index (χ0v) is 32.7. The normalized spacial score (nSPS) is 15.6. The number of ether oxygens (including phenoxy) is 5. The highest BCUT2D eigenvalue weighted by Crippen LogP contribution is 2.17. The Hall–Kier alpha value is -1.90. The first-order valence-corrected chi connectivity index (χ1v) is 20.7. The zero-order chi connectivity index (χ0) is 36.2. The molecule has 0 aromatic rings. The van der Waals surface area contributed by atoms with Crippen molar-refractivity contribution in [1.82, 2.24) is 4.90 Å². The second-order valence-corrected chi connectivity index (χ2v) is 14.3. The van der Waals surface area contributed by atoms with Gasteiger partial charge in [0.2, 0.25) is 0 Å². The molecule has 0 aliphatic carbocycles. The molecule has 0 spiro atoms. The van der Waals surface area contributed by atoms with Crippen LogP contribution < -0.4 is 0 Å². The first kappa shape index (κ1) is 46.1. The fraction of sp³-hybridized carbons (Fsp3) is 0.857. The molecule has 8 heteroatoms. The minimum Gasteiger partial charge on any atom is -0.466 e. The topological polar surface area (TPSA) is 83.5 Å². The Balaban J connectivity index is 2.14. The van der Waals surface area contributed by atoms with Crippen molar-refractivity contribution in [3.63, 3.8) is 0 Å². The Morgan fingerprint density at radius 3 is 2.04 bits per heavy atom. The van der Waals surface area contributed by atoms with Crippen LogP contribution in [0.15, 0.2) is 24.3 Å². The summed E-state index contributed by atoms with van der Waals surface area (Å²) in [5.74, 6) is -0.158. The summed E-state index contributed by atoms with van der Waals surface area (Å²) in [5, 5.41) is 0. The average molecular weight is 708 g/mol. The molecule has 8 nitrogen and oxygen atoms in total. The molecule has 1 rings (SSSR count). The van der Waals surface area contributed by atoms with E-state index in [1.807, 2.05) is 14.1 Å². The van der Waals surface area contributed by atoms with E-state index in [2.05, 4.69) is 36.1 Å². The average Bonchev–Trinajstić information content (AvgIpc) is 3.11. The fourth-order valence-corrected chi connectivity index (χ4v) is 6.02. The van der Waals surface area contributed by atoms with Gasteiger partial charge in [0.1, 0.15) is 6.10 Å². The van der Waals surface area contributed by atoms with Crippen molar-refractivity contribution >= 4 is 12.1 Å². The number of carbonyl (C=O) groups excluding carboxylic acids is 2. The minimum atomic E-state index is -0.621. The van der Waals surface area contributed by atoms with Crippen molar-refractivity contribution in [2.75, 3.05) is 47.1 Å². The number of allylic oxidation sites excluding steroid dienone is 4. The third-order valence-corrected chi connectivity index (χ3v) is 9.13. The van der Waals surface area contributed by atoms with E-state index in [0.717, 1.165) is 96.8 Å². The predicted octanol–water partition coefficient (Wildman–Crippen LogP) is 11.3. The highest BCUT2D eigenvalue weighted by Gasteiger charge is 2.17. The smallest absolute Gasteiger partial charge is 0.466 e. The number of esters is 1. The molecule has 1 aliphatic rings. The second-order valence-electron chi connectivity index (χ2n) is 14.3. The monoisotopic (exact) mass is 708 g/mol. The lowest BCUT2D eigenvalue weighted by molar-refractivity contribution is -0.162. The molecule has 50 heavy (non-hydrogen) atoms. The molecule has 1 aliphatic heterocycles. The summed E-state index contributed by atoms with van der Waals surface area (Å²) in [5.41, 5.74) is 0. The van der Waals surface area contributed by atoms with E-state index < -0.39 is 6.16 Å². The van der Waals surface area contributed by atoms with Crippen molar-refractivity contribution in [2.24, 2.45) is 0 Å². The van der Waals surface area contributed by atoms with Gasteiger partial charge in [0.15, 0.2) is 6.29 Å². The summed E-state index contributed by atoms with van der Waals surface area (Å²) < 4.78 is 27.9. The number of hydrogen-bond donors (Lipinski definition) is 0. The van der Waals surface area contributed by atoms with Gasteiger partial charge in [0.25, 0.3) is 0 Å². The quantitative estimate of drug-likeness (QED) is 0.0371. The maximum Gasteiger partial charge on any atom is 0.508 e. The molecule has 0 aromatic heterocycles. The molecule has 0 saturated carbocycles. The molecule has 1 fully saturated rings. The third-order valence-electron chi connectivity index (χ3n) is 9.13. The van der Waals surface area contributed by atoms with Crippen LogP contribution in [0, 0.1) is 0 Å². The van der Waals surface area contributed by atoms with Crippen LogP contribution in [0.3, 0.4) is 0 Å². The van der Waals surface area contributed by atoms with Gasteiger partial charge in [-0.1, -0.05) is 102 Å². The largest absolute Gasteiger partial charge is 0.508 e. The summed E-state index contributed by atoms with van der Waals surface area (Å²) in [6.45, 7) is 5.34. The number of hydrogen-bond acceptors (Lipinski definition) is 8. The van der Waals surface area contributed by atoms with Crippen LogP contribution in [0.1, 0.15) is 174 Å². The van der Waals surface area contributed by atoms with E-state index in [1.54, 1.807) is 0 Å². The van der Waals surface area contributed by atoms with Gasteiger partial charge in [-0.05, 0) is 97.6 Å². The van der Waals surface area contributed by atoms with Crippen LogP contribution in [0.2, 0.25) is 0 Å². The molecule has 0 bridgehead atoms. The first-order valence-electron chi connectivity index (χ1n) is 20.7. The number of unbranched alkanes of at least 4 members (excludes halogenated alkanes) is 15. The maximum absolute atomic E-state index is 12.3. The summed E-state index contributed by atoms with van der Waals surface area (Å²) in [7, 11) is 3.99. The highest BCUT2D eigenvalue weighted by atomic mass is 16.7. The van der Waals surface area contributed by atoms with Gasteiger partial charge >= 0.3 is 12.1 Å². The first-order chi connectivity index (χ1) is 24.5. The van der Waals surface area contributed by atoms with Gasteiger partial charge in [0, 0.05) is 32.6 Å². The molecular weight excluding hydrogens is 630 g/mol. The molecule has 1 heterocycles. The van der Waals surface area contributed by atoms with Crippen LogP contribution in [0.4, 0.5) is 4.79 Å². The Kier molecular flexibility index (Phi) is 32.7. The van der Waals surface area contributed by atoms with Gasteiger partial charge in [-0.15, -0.1) is 0 Å². The van der Waals surface area contributed by atoms with Crippen LogP contribution in [0.25, 0.3) is 0 Å². The van der Waals surface area contributed by atoms with Gasteiger partial charge < -0.3 is 28.6 Å². The van der Waals surface area contributed by atoms with E-state index in [9.17, 15) is 9.59 Å². The molecule has 1 saturated heterocycles. The highest BCUT2D eigenvalue weighted by molar-refractivity contribution is 5.69. The zero-order valence-electron chi connectivity index (χ0n) is 32.7. The SMILES string of the molecule is CCCCCC=CCC=CCCCCCCCC(=O)OCCC(CCCCCCCCCCOC1CCCCO1)OC(=O)OCCCN(C)C. The van der Waals surface area contributed by atoms with Crippen molar-refractivity contribution < 1.29 is 33.3 Å². The third kappa shape index (κ3) is 32.0. The number of nitrogens with zero attached hydrogens (tertiary/aromatic N) is 1. The Bertz CT molecular complexity index is 825. The van der Waals surface area contributed by atoms with E-state index in [4.69, 9.17) is 23.7 Å². The van der Waals surface area contributed by atoms with Crippen molar-refractivity contribution in [3.05, 3.63) is 24.3 Å². The molecule has 292 valence electrons. The van der Waals surface area contributed by atoms with Gasteiger partial charge in [-0.3, -0.25) is 4.79 Å². The minimum absolute atomic E-state index is 0.0224. The standard InChI is InChI=1S/C42H77NO7/c1-4-5-6-7-8-9-10-11-12-13-14-15-19-22-25-31-40(44)46-38-33-39(50-42(45)49-37-29-34-43(2)3)30-24-21-18-16-17-20-23-27-35-47-41-32-26-28-36-48-41/h8-9,11-12,39,41H,4-7,10,13-38H2,1-3H3. The van der Waals surface area contributed by atoms with Gasteiger partial charge in [-0.25, -0.2) is 4.79 Å². The Labute approximate surface area is 307 Å². The summed E-state index contributed by atoms with van der Waals surface area (Å²) in [6.07, 6.45) is 36.1. The van der Waals surface area contributed by atoms with Crippen LogP contribution in [-0.4, -0.2) is 76.5 Å². The molecule has 0 aromatic carbocycles. The van der Waals surface area contributed by atoms with E-state index >= 15 is 0 Å². The molecule has 2 atom stereocenters. The van der Waals surface area contributed by atoms with Crippen LogP contribution in [0.5, 0.6) is 0 Å². The van der Waals surface area contributed by atoms with Crippen molar-refractivity contribution in [3.8, 4) is 0 Å². The molecular formula is C42H77NO7. The summed E-state index contributed by atoms with van der Waals surface area (Å²) in [4.78, 5) is 26.7. The van der Waals surface area contributed by atoms with Gasteiger partial charge in [0.05, 0.1) is 13.2 Å². The van der Waals surface area contributed by atoms with Gasteiger partial charge in [-0.2, -0.15) is 0 Å². The number of rotatable bonds is 34. The van der Waals surface area contributed by atoms with E-state index in [0.29, 0.717) is 19.4 Å².